The van der Waals surface area contributed by atoms with Crippen LogP contribution in [0.15, 0.2) is 34.9 Å². The van der Waals surface area contributed by atoms with E-state index in [0.29, 0.717) is 30.9 Å². The number of esters is 2. The molecule has 180 valence electrons. The first-order valence-corrected chi connectivity index (χ1v) is 11.3. The van der Waals surface area contributed by atoms with Crippen LogP contribution in [0.3, 0.4) is 0 Å². The lowest BCUT2D eigenvalue weighted by atomic mass is 9.81. The van der Waals surface area contributed by atoms with E-state index in [-0.39, 0.29) is 24.9 Å². The summed E-state index contributed by atoms with van der Waals surface area (Å²) >= 11 is 0. The lowest BCUT2D eigenvalue weighted by molar-refractivity contribution is -0.146. The zero-order valence-electron chi connectivity index (χ0n) is 19.9. The van der Waals surface area contributed by atoms with E-state index in [2.05, 4.69) is 11.1 Å². The van der Waals surface area contributed by atoms with Crippen LogP contribution < -0.4 is 9.47 Å². The van der Waals surface area contributed by atoms with E-state index < -0.39 is 11.4 Å². The molecule has 1 aliphatic rings. The molecule has 0 spiro atoms. The van der Waals surface area contributed by atoms with Gasteiger partial charge in [-0.2, -0.15) is 0 Å². The van der Waals surface area contributed by atoms with Gasteiger partial charge < -0.3 is 23.4 Å². The van der Waals surface area contributed by atoms with Crippen molar-refractivity contribution in [2.24, 2.45) is 0 Å². The van der Waals surface area contributed by atoms with Crippen molar-refractivity contribution in [3.8, 4) is 11.6 Å². The number of fused-ring (bicyclic) bond motifs is 2. The quantitative estimate of drug-likeness (QED) is 0.423. The van der Waals surface area contributed by atoms with Crippen LogP contribution in [0.25, 0.3) is 10.8 Å². The normalized spacial score (nSPS) is 16.8. The second-order valence-electron chi connectivity index (χ2n) is 8.56. The maximum absolute atomic E-state index is 12.6. The molecule has 0 saturated carbocycles. The standard InChI is InChI=1S/C26H29NO7/c1-5-7-20(28)33-14-26(15-34-25(29)19-8-6-11-32-19)10-9-17-13-18-12-16(2)27-24(31-4)21(18)23(30-3)22(17)26/h6,8,11-13H,5,7,9-10,14-15H2,1-4H3. The van der Waals surface area contributed by atoms with Gasteiger partial charge in [0, 0.05) is 17.7 Å². The minimum Gasteiger partial charge on any atom is -0.496 e. The average molecular weight is 468 g/mol. The second-order valence-corrected chi connectivity index (χ2v) is 8.56. The Morgan fingerprint density at radius 3 is 2.62 bits per heavy atom. The summed E-state index contributed by atoms with van der Waals surface area (Å²) in [7, 11) is 3.16. The number of carbonyl (C=O) groups is 2. The molecule has 0 amide bonds. The number of methoxy groups -OCH3 is 2. The van der Waals surface area contributed by atoms with Gasteiger partial charge >= 0.3 is 11.9 Å². The summed E-state index contributed by atoms with van der Waals surface area (Å²) in [5, 5.41) is 1.68. The van der Waals surface area contributed by atoms with Crippen LogP contribution in [0.1, 0.15) is 53.6 Å². The number of furan rings is 1. The molecule has 8 nitrogen and oxygen atoms in total. The molecule has 2 aromatic heterocycles. The fourth-order valence-electron chi connectivity index (χ4n) is 4.67. The maximum Gasteiger partial charge on any atom is 0.374 e. The van der Waals surface area contributed by atoms with E-state index >= 15 is 0 Å². The van der Waals surface area contributed by atoms with Crippen molar-refractivity contribution < 1.29 is 33.0 Å². The molecule has 0 radical (unpaired) electrons. The van der Waals surface area contributed by atoms with Crippen LogP contribution in [0.5, 0.6) is 11.6 Å². The van der Waals surface area contributed by atoms with Gasteiger partial charge in [0.15, 0.2) is 0 Å². The molecule has 4 rings (SSSR count). The summed E-state index contributed by atoms with van der Waals surface area (Å²) < 4.78 is 28.0. The van der Waals surface area contributed by atoms with Gasteiger partial charge in [-0.3, -0.25) is 4.79 Å². The number of nitrogens with zero attached hydrogens (tertiary/aromatic N) is 1. The summed E-state index contributed by atoms with van der Waals surface area (Å²) in [4.78, 5) is 29.4. The monoisotopic (exact) mass is 467 g/mol. The molecule has 3 aromatic rings. The predicted octanol–water partition coefficient (Wildman–Crippen LogP) is 4.54. The Morgan fingerprint density at radius 1 is 1.15 bits per heavy atom. The van der Waals surface area contributed by atoms with Gasteiger partial charge in [-0.1, -0.05) is 13.0 Å². The average Bonchev–Trinajstić information content (AvgIpc) is 3.49. The number of aromatic nitrogens is 1. The van der Waals surface area contributed by atoms with Crippen LogP contribution in [-0.4, -0.2) is 44.4 Å². The molecule has 0 bridgehead atoms. The summed E-state index contributed by atoms with van der Waals surface area (Å²) in [6.07, 6.45) is 3.76. The number of rotatable bonds is 9. The Balaban J connectivity index is 1.80. The van der Waals surface area contributed by atoms with Crippen molar-refractivity contribution in [2.75, 3.05) is 27.4 Å². The Hall–Kier alpha value is -3.55. The van der Waals surface area contributed by atoms with Crippen LogP contribution in [0.4, 0.5) is 0 Å². The second kappa shape index (κ2) is 9.75. The summed E-state index contributed by atoms with van der Waals surface area (Å²) in [5.74, 6) is 0.291. The first-order valence-electron chi connectivity index (χ1n) is 11.3. The van der Waals surface area contributed by atoms with Gasteiger partial charge in [0.25, 0.3) is 0 Å². The van der Waals surface area contributed by atoms with E-state index in [9.17, 15) is 9.59 Å². The SMILES string of the molecule is CCCC(=O)OCC1(COC(=O)c2ccco2)CCc2cc3cc(C)nc(OC)c3c(OC)c21. The van der Waals surface area contributed by atoms with Gasteiger partial charge in [0.1, 0.15) is 19.0 Å². The summed E-state index contributed by atoms with van der Waals surface area (Å²) in [5.41, 5.74) is 1.95. The van der Waals surface area contributed by atoms with Crippen molar-refractivity contribution in [3.05, 3.63) is 53.1 Å². The first-order chi connectivity index (χ1) is 16.4. The Bertz CT molecular complexity index is 1200. The topological polar surface area (TPSA) is 97.1 Å². The van der Waals surface area contributed by atoms with Gasteiger partial charge in [-0.05, 0) is 55.3 Å². The Morgan fingerprint density at radius 2 is 1.94 bits per heavy atom. The van der Waals surface area contributed by atoms with Crippen molar-refractivity contribution in [2.45, 2.75) is 44.9 Å². The van der Waals surface area contributed by atoms with Crippen LogP contribution in [0, 0.1) is 6.92 Å². The number of benzene rings is 1. The third-order valence-electron chi connectivity index (χ3n) is 6.22. The Labute approximate surface area is 198 Å². The Kier molecular flexibility index (Phi) is 6.77. The largest absolute Gasteiger partial charge is 0.496 e. The minimum atomic E-state index is -0.781. The number of carbonyl (C=O) groups excluding carboxylic acids is 2. The van der Waals surface area contributed by atoms with E-state index in [4.69, 9.17) is 23.4 Å². The molecule has 8 heteroatoms. The minimum absolute atomic E-state index is 0.00239. The lowest BCUT2D eigenvalue weighted by Crippen LogP contribution is -2.37. The molecular weight excluding hydrogens is 438 g/mol. The smallest absolute Gasteiger partial charge is 0.374 e. The van der Waals surface area contributed by atoms with Gasteiger partial charge in [0.05, 0.1) is 31.3 Å². The van der Waals surface area contributed by atoms with E-state index in [0.717, 1.165) is 34.0 Å². The zero-order valence-corrected chi connectivity index (χ0v) is 19.9. The number of hydrogen-bond acceptors (Lipinski definition) is 8. The summed E-state index contributed by atoms with van der Waals surface area (Å²) in [6, 6.07) is 7.25. The molecule has 34 heavy (non-hydrogen) atoms. The van der Waals surface area contributed by atoms with E-state index in [1.807, 2.05) is 19.9 Å². The van der Waals surface area contributed by atoms with Crippen molar-refractivity contribution in [3.63, 3.8) is 0 Å². The molecule has 1 aromatic carbocycles. The van der Waals surface area contributed by atoms with Crippen LogP contribution in [0.2, 0.25) is 0 Å². The van der Waals surface area contributed by atoms with Crippen molar-refractivity contribution >= 4 is 22.7 Å². The third-order valence-corrected chi connectivity index (χ3v) is 6.22. The maximum atomic E-state index is 12.6. The molecule has 1 unspecified atom stereocenters. The van der Waals surface area contributed by atoms with Crippen LogP contribution >= 0.6 is 0 Å². The molecule has 0 aliphatic heterocycles. The highest BCUT2D eigenvalue weighted by Crippen LogP contribution is 2.50. The highest BCUT2D eigenvalue weighted by atomic mass is 16.6. The molecule has 1 aliphatic carbocycles. The molecule has 0 fully saturated rings. The fourth-order valence-corrected chi connectivity index (χ4v) is 4.67. The highest BCUT2D eigenvalue weighted by molar-refractivity contribution is 5.95. The zero-order chi connectivity index (χ0) is 24.3. The highest BCUT2D eigenvalue weighted by Gasteiger charge is 2.45. The number of aryl methyl sites for hydroxylation is 2. The van der Waals surface area contributed by atoms with Crippen molar-refractivity contribution in [1.29, 1.82) is 0 Å². The number of ether oxygens (including phenoxy) is 4. The molecule has 0 N–H and O–H groups in total. The molecular formula is C26H29NO7. The number of pyridine rings is 1. The molecule has 2 heterocycles. The third kappa shape index (κ3) is 4.32. The fraction of sp³-hybridized carbons (Fsp3) is 0.423. The van der Waals surface area contributed by atoms with E-state index in [1.165, 1.54) is 6.26 Å². The van der Waals surface area contributed by atoms with Crippen LogP contribution in [-0.2, 0) is 26.1 Å². The van der Waals surface area contributed by atoms with Gasteiger partial charge in [-0.25, -0.2) is 9.78 Å². The van der Waals surface area contributed by atoms with Gasteiger partial charge in [-0.15, -0.1) is 0 Å². The van der Waals surface area contributed by atoms with Crippen molar-refractivity contribution in [1.82, 2.24) is 4.98 Å². The molecule has 1 atom stereocenters. The van der Waals surface area contributed by atoms with E-state index in [1.54, 1.807) is 26.4 Å². The number of hydrogen-bond donors (Lipinski definition) is 0. The summed E-state index contributed by atoms with van der Waals surface area (Å²) in [6.45, 7) is 3.90. The lowest BCUT2D eigenvalue weighted by Gasteiger charge is -2.31. The van der Waals surface area contributed by atoms with Gasteiger partial charge in [0.2, 0.25) is 11.6 Å². The predicted molar refractivity (Wildman–Crippen MR) is 124 cm³/mol. The molecule has 0 saturated heterocycles. The first kappa shape index (κ1) is 23.6.